The van der Waals surface area contributed by atoms with Gasteiger partial charge >= 0.3 is 0 Å². The summed E-state index contributed by atoms with van der Waals surface area (Å²) < 4.78 is 6.52. The fourth-order valence-corrected chi connectivity index (χ4v) is 5.25. The predicted molar refractivity (Wildman–Crippen MR) is 89.4 cm³/mol. The lowest BCUT2D eigenvalue weighted by molar-refractivity contribution is -0.107. The zero-order valence-electron chi connectivity index (χ0n) is 12.8. The van der Waals surface area contributed by atoms with Crippen LogP contribution >= 0.6 is 12.4 Å². The van der Waals surface area contributed by atoms with Crippen LogP contribution in [0.2, 0.25) is 0 Å². The summed E-state index contributed by atoms with van der Waals surface area (Å²) in [5, 5.41) is 3.34. The number of anilines is 1. The Balaban J connectivity index is 0.00000132. The second-order valence-electron chi connectivity index (χ2n) is 7.26. The monoisotopic (exact) mass is 307 g/mol. The molecule has 5 rings (SSSR count). The van der Waals surface area contributed by atoms with Gasteiger partial charge in [0.05, 0.1) is 0 Å². The van der Waals surface area contributed by atoms with Crippen molar-refractivity contribution < 1.29 is 4.74 Å². The number of rotatable bonds is 4. The summed E-state index contributed by atoms with van der Waals surface area (Å²) in [6.45, 7) is 3.09. The molecule has 4 bridgehead atoms. The van der Waals surface area contributed by atoms with Crippen molar-refractivity contribution in [2.24, 2.45) is 17.8 Å². The number of hydrogen-bond donors (Lipinski definition) is 1. The lowest BCUT2D eigenvalue weighted by atomic mass is 9.54. The van der Waals surface area contributed by atoms with E-state index in [0.29, 0.717) is 0 Å². The number of hydrogen-bond acceptors (Lipinski definition) is 2. The van der Waals surface area contributed by atoms with Crippen molar-refractivity contribution >= 4 is 18.1 Å². The Morgan fingerprint density at radius 1 is 1.00 bits per heavy atom. The Kier molecular flexibility index (Phi) is 4.09. The molecule has 116 valence electrons. The lowest BCUT2D eigenvalue weighted by Gasteiger charge is -2.56. The summed E-state index contributed by atoms with van der Waals surface area (Å²) in [4.78, 5) is 0. The highest BCUT2D eigenvalue weighted by molar-refractivity contribution is 5.85. The first-order chi connectivity index (χ1) is 9.75. The molecule has 0 spiro atoms. The van der Waals surface area contributed by atoms with E-state index in [4.69, 9.17) is 4.74 Å². The second kappa shape index (κ2) is 5.72. The van der Waals surface area contributed by atoms with Crippen molar-refractivity contribution in [3.05, 3.63) is 24.3 Å². The summed E-state index contributed by atoms with van der Waals surface area (Å²) in [6.07, 6.45) is 8.32. The third-order valence-electron chi connectivity index (χ3n) is 5.55. The van der Waals surface area contributed by atoms with Gasteiger partial charge in [0.25, 0.3) is 0 Å². The van der Waals surface area contributed by atoms with Gasteiger partial charge in [-0.15, -0.1) is 12.4 Å². The molecule has 1 N–H and O–H groups in total. The van der Waals surface area contributed by atoms with Crippen LogP contribution in [0.5, 0.6) is 5.75 Å². The van der Waals surface area contributed by atoms with E-state index in [1.807, 2.05) is 0 Å². The first kappa shape index (κ1) is 15.0. The molecule has 0 atom stereocenters. The Labute approximate surface area is 134 Å². The Hall–Kier alpha value is -0.890. The number of ether oxygens (including phenoxy) is 1. The maximum absolute atomic E-state index is 6.52. The van der Waals surface area contributed by atoms with Crippen molar-refractivity contribution in [1.82, 2.24) is 0 Å². The molecule has 4 saturated carbocycles. The molecule has 2 nitrogen and oxygen atoms in total. The summed E-state index contributed by atoms with van der Waals surface area (Å²) in [5.74, 6) is 3.90. The van der Waals surface area contributed by atoms with Gasteiger partial charge < -0.3 is 10.1 Å². The summed E-state index contributed by atoms with van der Waals surface area (Å²) in [6, 6.07) is 8.55. The van der Waals surface area contributed by atoms with Crippen LogP contribution in [-0.4, -0.2) is 12.1 Å². The lowest BCUT2D eigenvalue weighted by Crippen LogP contribution is -2.53. The molecule has 1 aromatic carbocycles. The molecule has 0 unspecified atom stereocenters. The molecule has 4 aliphatic rings. The van der Waals surface area contributed by atoms with Gasteiger partial charge in [0.1, 0.15) is 11.4 Å². The largest absolute Gasteiger partial charge is 0.487 e. The molecule has 0 radical (unpaired) electrons. The van der Waals surface area contributed by atoms with E-state index in [1.165, 1.54) is 44.2 Å². The molecule has 1 aromatic rings. The predicted octanol–water partition coefficient (Wildman–Crippen LogP) is 4.89. The van der Waals surface area contributed by atoms with Crippen molar-refractivity contribution in [3.8, 4) is 5.75 Å². The molecule has 0 amide bonds. The van der Waals surface area contributed by atoms with E-state index in [-0.39, 0.29) is 18.0 Å². The quantitative estimate of drug-likeness (QED) is 0.855. The minimum Gasteiger partial charge on any atom is -0.487 e. The Morgan fingerprint density at radius 3 is 2.00 bits per heavy atom. The van der Waals surface area contributed by atoms with E-state index in [0.717, 1.165) is 30.0 Å². The van der Waals surface area contributed by atoms with Crippen LogP contribution in [-0.2, 0) is 0 Å². The number of benzene rings is 1. The van der Waals surface area contributed by atoms with E-state index >= 15 is 0 Å². The van der Waals surface area contributed by atoms with E-state index in [1.54, 1.807) is 0 Å². The van der Waals surface area contributed by atoms with E-state index < -0.39 is 0 Å². The third-order valence-corrected chi connectivity index (χ3v) is 5.55. The average Bonchev–Trinajstić information content (AvgIpc) is 2.39. The third kappa shape index (κ3) is 2.88. The van der Waals surface area contributed by atoms with Gasteiger partial charge in [0.2, 0.25) is 0 Å². The first-order valence-corrected chi connectivity index (χ1v) is 8.28. The number of nitrogens with one attached hydrogen (secondary N) is 1. The maximum Gasteiger partial charge on any atom is 0.120 e. The molecule has 4 aliphatic carbocycles. The molecule has 0 saturated heterocycles. The zero-order chi connectivity index (χ0) is 13.6. The topological polar surface area (TPSA) is 21.3 Å². The van der Waals surface area contributed by atoms with Crippen LogP contribution in [0.15, 0.2) is 24.3 Å². The Morgan fingerprint density at radius 2 is 1.52 bits per heavy atom. The smallest absolute Gasteiger partial charge is 0.120 e. The highest BCUT2D eigenvalue weighted by Gasteiger charge is 2.52. The maximum atomic E-state index is 6.52. The van der Waals surface area contributed by atoms with Gasteiger partial charge in [-0.25, -0.2) is 0 Å². The fraction of sp³-hybridized carbons (Fsp3) is 0.667. The molecule has 4 fully saturated rings. The van der Waals surface area contributed by atoms with Crippen LogP contribution in [0, 0.1) is 17.8 Å². The number of halogens is 1. The summed E-state index contributed by atoms with van der Waals surface area (Å²) in [5.41, 5.74) is 1.36. The summed E-state index contributed by atoms with van der Waals surface area (Å²) in [7, 11) is 0. The van der Waals surface area contributed by atoms with Gasteiger partial charge in [-0.05, 0) is 87.5 Å². The van der Waals surface area contributed by atoms with Crippen molar-refractivity contribution in [2.45, 2.75) is 51.0 Å². The van der Waals surface area contributed by atoms with Gasteiger partial charge in [-0.1, -0.05) is 0 Å². The van der Waals surface area contributed by atoms with E-state index in [9.17, 15) is 0 Å². The highest BCUT2D eigenvalue weighted by Crippen LogP contribution is 2.57. The van der Waals surface area contributed by atoms with E-state index in [2.05, 4.69) is 36.5 Å². The summed E-state index contributed by atoms with van der Waals surface area (Å²) >= 11 is 0. The van der Waals surface area contributed by atoms with Crippen LogP contribution < -0.4 is 10.1 Å². The molecule has 0 aliphatic heterocycles. The molecule has 21 heavy (non-hydrogen) atoms. The Bertz CT molecular complexity index is 449. The molecular formula is C18H26ClNO. The molecule has 0 aromatic heterocycles. The second-order valence-corrected chi connectivity index (χ2v) is 7.26. The average molecular weight is 308 g/mol. The van der Waals surface area contributed by atoms with Crippen LogP contribution in [0.4, 0.5) is 5.69 Å². The minimum absolute atomic E-state index is 0. The first-order valence-electron chi connectivity index (χ1n) is 8.28. The molecule has 0 heterocycles. The van der Waals surface area contributed by atoms with Gasteiger partial charge in [0, 0.05) is 12.2 Å². The van der Waals surface area contributed by atoms with Crippen LogP contribution in [0.1, 0.15) is 45.4 Å². The zero-order valence-corrected chi connectivity index (χ0v) is 13.6. The highest BCUT2D eigenvalue weighted by atomic mass is 35.5. The minimum atomic E-state index is 0. The van der Waals surface area contributed by atoms with Crippen molar-refractivity contribution in [2.75, 3.05) is 11.9 Å². The molecule has 3 heteroatoms. The fourth-order valence-electron chi connectivity index (χ4n) is 5.25. The normalized spacial score (nSPS) is 36.1. The van der Waals surface area contributed by atoms with Gasteiger partial charge in [0.15, 0.2) is 0 Å². The van der Waals surface area contributed by atoms with Crippen molar-refractivity contribution in [3.63, 3.8) is 0 Å². The molecular weight excluding hydrogens is 282 g/mol. The van der Waals surface area contributed by atoms with Gasteiger partial charge in [-0.2, -0.15) is 0 Å². The van der Waals surface area contributed by atoms with Crippen molar-refractivity contribution in [1.29, 1.82) is 0 Å². The standard InChI is InChI=1S/C18H25NO.ClH/c1-2-19-16-3-5-17(6-4-16)20-18-10-13-7-14(11-18)9-15(8-13)12-18;/h3-6,13-15,19H,2,7-12H2,1H3;1H. The van der Waals surface area contributed by atoms with Crippen LogP contribution in [0.3, 0.4) is 0 Å². The van der Waals surface area contributed by atoms with Gasteiger partial charge in [-0.3, -0.25) is 0 Å². The van der Waals surface area contributed by atoms with Crippen LogP contribution in [0.25, 0.3) is 0 Å². The SMILES string of the molecule is CCNc1ccc(OC23CC4CC(CC(C4)C2)C3)cc1.Cl.